The van der Waals surface area contributed by atoms with Crippen molar-refractivity contribution in [2.45, 2.75) is 12.7 Å². The van der Waals surface area contributed by atoms with Crippen molar-refractivity contribution in [2.75, 3.05) is 20.4 Å². The molecule has 28 heavy (non-hydrogen) atoms. The van der Waals surface area contributed by atoms with Crippen molar-refractivity contribution in [3.05, 3.63) is 52.7 Å². The van der Waals surface area contributed by atoms with E-state index in [0.29, 0.717) is 5.75 Å². The molecule has 1 atom stereocenters. The molecule has 1 radical (unpaired) electrons. The zero-order valence-corrected chi connectivity index (χ0v) is 17.6. The second-order valence-electron chi connectivity index (χ2n) is 6.65. The summed E-state index contributed by atoms with van der Waals surface area (Å²) in [4.78, 5) is 13.5. The van der Waals surface area contributed by atoms with Gasteiger partial charge in [0.2, 0.25) is 6.79 Å². The van der Waals surface area contributed by atoms with Gasteiger partial charge in [0.1, 0.15) is 5.56 Å². The van der Waals surface area contributed by atoms with E-state index in [1.165, 1.54) is 6.07 Å². The number of aromatic carboxylic acids is 1. The normalized spacial score (nSPS) is 18.7. The first-order valence-corrected chi connectivity index (χ1v) is 8.65. The van der Waals surface area contributed by atoms with Gasteiger partial charge in [0.25, 0.3) is 6.29 Å². The van der Waals surface area contributed by atoms with Crippen LogP contribution in [0.2, 0.25) is 0 Å². The molecule has 0 saturated heterocycles. The van der Waals surface area contributed by atoms with Crippen molar-refractivity contribution in [3.8, 4) is 23.0 Å². The zero-order valence-electron chi connectivity index (χ0n) is 15.6. The maximum Gasteiger partial charge on any atom is 0.339 e. The van der Waals surface area contributed by atoms with Crippen LogP contribution in [-0.4, -0.2) is 72.2 Å². The molecular formula is C20H17NNaO6. The molecule has 3 aliphatic heterocycles. The number of carbonyl (C=O) groups is 1. The Morgan fingerprint density at radius 2 is 1.93 bits per heavy atom. The van der Waals surface area contributed by atoms with Crippen molar-refractivity contribution in [1.82, 2.24) is 4.90 Å². The van der Waals surface area contributed by atoms with E-state index >= 15 is 0 Å². The van der Waals surface area contributed by atoms with Crippen molar-refractivity contribution in [1.29, 1.82) is 0 Å². The maximum absolute atomic E-state index is 11.4. The Morgan fingerprint density at radius 1 is 1.14 bits per heavy atom. The standard InChI is InChI=1S/C20H17NO6.Na/c1-21-6-5-11-8-16-17(25-10-24-16)9-12(11)7-14(21)20-26-15-4-2-3-13(19(22)23)18(15)27-20;/h2-4,7-9,20H,5-6,10H2,1H3,(H,22,23);. The Bertz CT molecular complexity index is 989. The molecular weight excluding hydrogens is 373 g/mol. The van der Waals surface area contributed by atoms with Crippen molar-refractivity contribution in [3.63, 3.8) is 0 Å². The largest absolute Gasteiger partial charge is 0.478 e. The fourth-order valence-corrected chi connectivity index (χ4v) is 3.55. The molecule has 0 amide bonds. The summed E-state index contributed by atoms with van der Waals surface area (Å²) in [5.74, 6) is 1.14. The fraction of sp³-hybridized carbons (Fsp3) is 0.250. The van der Waals surface area contributed by atoms with Gasteiger partial charge in [0.05, 0.1) is 5.70 Å². The SMILES string of the molecule is CN1CCc2cc3c(cc2C=C1C1Oc2cccc(C(=O)O)c2O1)OCO3.[Na]. The summed E-state index contributed by atoms with van der Waals surface area (Å²) in [6.45, 7) is 1.00. The molecule has 1 N–H and O–H groups in total. The van der Waals surface area contributed by atoms with E-state index in [-0.39, 0.29) is 47.7 Å². The summed E-state index contributed by atoms with van der Waals surface area (Å²) in [5, 5.41) is 9.38. The first kappa shape index (κ1) is 19.0. The molecule has 0 fully saturated rings. The molecule has 0 bridgehead atoms. The maximum atomic E-state index is 11.4. The number of carboxylic acid groups (broad SMARTS) is 1. The van der Waals surface area contributed by atoms with Gasteiger partial charge in [-0.05, 0) is 47.9 Å². The van der Waals surface area contributed by atoms with E-state index < -0.39 is 12.3 Å². The van der Waals surface area contributed by atoms with Gasteiger partial charge in [-0.3, -0.25) is 0 Å². The first-order chi connectivity index (χ1) is 13.1. The van der Waals surface area contributed by atoms with Gasteiger partial charge in [0, 0.05) is 43.1 Å². The number of ether oxygens (including phenoxy) is 4. The van der Waals surface area contributed by atoms with Crippen LogP contribution in [0.25, 0.3) is 6.08 Å². The van der Waals surface area contributed by atoms with Gasteiger partial charge in [-0.15, -0.1) is 0 Å². The predicted octanol–water partition coefficient (Wildman–Crippen LogP) is 2.36. The van der Waals surface area contributed by atoms with Crippen molar-refractivity contribution in [2.24, 2.45) is 0 Å². The monoisotopic (exact) mass is 390 g/mol. The number of benzene rings is 2. The number of rotatable bonds is 2. The minimum absolute atomic E-state index is 0. The number of nitrogens with zero attached hydrogens (tertiary/aromatic N) is 1. The number of likely N-dealkylation sites (N-methyl/N-ethyl adjacent to an activating group) is 1. The molecule has 7 nitrogen and oxygen atoms in total. The smallest absolute Gasteiger partial charge is 0.339 e. The summed E-state index contributed by atoms with van der Waals surface area (Å²) in [5.41, 5.74) is 3.08. The van der Waals surface area contributed by atoms with Crippen LogP contribution in [0.1, 0.15) is 21.5 Å². The molecule has 0 spiro atoms. The van der Waals surface area contributed by atoms with Crippen LogP contribution in [0.3, 0.4) is 0 Å². The summed E-state index contributed by atoms with van der Waals surface area (Å²) < 4.78 is 22.8. The molecule has 0 aliphatic carbocycles. The first-order valence-electron chi connectivity index (χ1n) is 8.65. The number of fused-ring (bicyclic) bond motifs is 3. The van der Waals surface area contributed by atoms with E-state index in [9.17, 15) is 9.90 Å². The molecule has 2 aromatic carbocycles. The molecule has 8 heteroatoms. The number of hydrogen-bond donors (Lipinski definition) is 1. The van der Waals surface area contributed by atoms with Crippen LogP contribution in [0.5, 0.6) is 23.0 Å². The number of carboxylic acids is 1. The second kappa shape index (κ2) is 7.24. The van der Waals surface area contributed by atoms with E-state index in [1.54, 1.807) is 12.1 Å². The van der Waals surface area contributed by atoms with Crippen LogP contribution in [0, 0.1) is 0 Å². The Morgan fingerprint density at radius 3 is 2.71 bits per heavy atom. The van der Waals surface area contributed by atoms with Crippen LogP contribution in [-0.2, 0) is 6.42 Å². The molecule has 3 aliphatic rings. The van der Waals surface area contributed by atoms with Gasteiger partial charge in [-0.2, -0.15) is 0 Å². The quantitative estimate of drug-likeness (QED) is 0.789. The van der Waals surface area contributed by atoms with Gasteiger partial charge < -0.3 is 29.0 Å². The molecule has 2 aromatic rings. The third kappa shape index (κ3) is 3.09. The molecule has 5 rings (SSSR count). The topological polar surface area (TPSA) is 77.5 Å². The van der Waals surface area contributed by atoms with Gasteiger partial charge in [0.15, 0.2) is 23.0 Å². The summed E-state index contributed by atoms with van der Waals surface area (Å²) in [6, 6.07) is 8.84. The molecule has 1 unspecified atom stereocenters. The summed E-state index contributed by atoms with van der Waals surface area (Å²) in [7, 11) is 1.96. The fourth-order valence-electron chi connectivity index (χ4n) is 3.55. The number of para-hydroxylation sites is 1. The van der Waals surface area contributed by atoms with Gasteiger partial charge in [-0.1, -0.05) is 6.07 Å². The van der Waals surface area contributed by atoms with Crippen LogP contribution < -0.4 is 18.9 Å². The average Bonchev–Trinajstić information content (AvgIpc) is 3.25. The third-order valence-electron chi connectivity index (χ3n) is 5.00. The Kier molecular flexibility index (Phi) is 4.91. The van der Waals surface area contributed by atoms with Crippen LogP contribution in [0.4, 0.5) is 0 Å². The summed E-state index contributed by atoms with van der Waals surface area (Å²) in [6.07, 6.45) is 2.13. The third-order valence-corrected chi connectivity index (χ3v) is 5.00. The van der Waals surface area contributed by atoms with Crippen molar-refractivity contribution < 1.29 is 28.8 Å². The average molecular weight is 390 g/mol. The van der Waals surface area contributed by atoms with Gasteiger partial charge >= 0.3 is 5.97 Å². The molecule has 139 valence electrons. The Balaban J connectivity index is 0.00000192. The molecule has 0 saturated carbocycles. The van der Waals surface area contributed by atoms with Crippen LogP contribution in [0.15, 0.2) is 36.0 Å². The summed E-state index contributed by atoms with van der Waals surface area (Å²) >= 11 is 0. The van der Waals surface area contributed by atoms with Gasteiger partial charge in [-0.25, -0.2) is 4.79 Å². The Labute approximate surface area is 183 Å². The zero-order chi connectivity index (χ0) is 18.5. The second-order valence-corrected chi connectivity index (χ2v) is 6.65. The molecule has 3 heterocycles. The number of hydrogen-bond acceptors (Lipinski definition) is 6. The minimum atomic E-state index is -1.04. The van der Waals surface area contributed by atoms with E-state index in [4.69, 9.17) is 18.9 Å². The van der Waals surface area contributed by atoms with Crippen molar-refractivity contribution >= 4 is 41.6 Å². The Hall–Kier alpha value is -2.35. The van der Waals surface area contributed by atoms with E-state index in [1.807, 2.05) is 25.3 Å². The van der Waals surface area contributed by atoms with E-state index in [2.05, 4.69) is 4.90 Å². The molecule has 0 aromatic heterocycles. The van der Waals surface area contributed by atoms with Crippen LogP contribution >= 0.6 is 0 Å². The predicted molar refractivity (Wildman–Crippen MR) is 101 cm³/mol. The van der Waals surface area contributed by atoms with E-state index in [0.717, 1.165) is 41.3 Å². The minimum Gasteiger partial charge on any atom is -0.478 e.